The van der Waals surface area contributed by atoms with E-state index in [9.17, 15) is 14.9 Å². The second-order valence-electron chi connectivity index (χ2n) is 6.09. The maximum atomic E-state index is 11.4. The third-order valence-electron chi connectivity index (χ3n) is 4.13. The molecule has 4 aromatic rings. The number of carboxylic acid groups (broad SMARTS) is 1. The van der Waals surface area contributed by atoms with Crippen molar-refractivity contribution in [2.24, 2.45) is 0 Å². The smallest absolute Gasteiger partial charge is 0.313 e. The molecule has 144 valence electrons. The SMILES string of the molecule is O=C(O)CSc1n[nH]c(-c2cc(-c3ccc4ncccc4c3)cc([N+](=O)[O-])c2)n1. The molecule has 0 atom stereocenters. The number of pyridine rings is 1. The zero-order valence-electron chi connectivity index (χ0n) is 14.8. The summed E-state index contributed by atoms with van der Waals surface area (Å²) >= 11 is 0.963. The molecule has 0 aliphatic rings. The van der Waals surface area contributed by atoms with Crippen molar-refractivity contribution in [1.82, 2.24) is 20.2 Å². The Morgan fingerprint density at radius 3 is 2.76 bits per heavy atom. The number of aromatic nitrogens is 4. The van der Waals surface area contributed by atoms with Gasteiger partial charge in [0.05, 0.1) is 16.2 Å². The van der Waals surface area contributed by atoms with Gasteiger partial charge in [-0.15, -0.1) is 5.10 Å². The maximum absolute atomic E-state index is 11.4. The standard InChI is InChI=1S/C19H13N5O4S/c25-17(26)10-29-19-21-18(22-23-19)14-7-13(8-15(9-14)24(27)28)11-3-4-16-12(6-11)2-1-5-20-16/h1-9H,10H2,(H,25,26)(H,21,22,23). The number of fused-ring (bicyclic) bond motifs is 1. The van der Waals surface area contributed by atoms with Gasteiger partial charge in [-0.3, -0.25) is 25.0 Å². The number of hydrogen-bond acceptors (Lipinski definition) is 7. The van der Waals surface area contributed by atoms with Crippen molar-refractivity contribution in [1.29, 1.82) is 0 Å². The Hall–Kier alpha value is -3.79. The molecule has 9 nitrogen and oxygen atoms in total. The van der Waals surface area contributed by atoms with Gasteiger partial charge in [0.2, 0.25) is 5.16 Å². The number of carboxylic acids is 1. The molecule has 10 heteroatoms. The van der Waals surface area contributed by atoms with Crippen molar-refractivity contribution in [2.75, 3.05) is 5.75 Å². The number of aromatic amines is 1. The molecule has 0 radical (unpaired) electrons. The van der Waals surface area contributed by atoms with Gasteiger partial charge in [0.15, 0.2) is 5.82 Å². The van der Waals surface area contributed by atoms with E-state index < -0.39 is 10.9 Å². The first-order valence-electron chi connectivity index (χ1n) is 8.41. The summed E-state index contributed by atoms with van der Waals surface area (Å²) in [6.07, 6.45) is 1.71. The molecule has 0 amide bonds. The topological polar surface area (TPSA) is 135 Å². The van der Waals surface area contributed by atoms with Crippen LogP contribution in [0.15, 0.2) is 59.9 Å². The van der Waals surface area contributed by atoms with Crippen LogP contribution in [-0.2, 0) is 4.79 Å². The number of nitrogens with zero attached hydrogens (tertiary/aromatic N) is 4. The number of nitro benzene ring substituents is 1. The molecule has 2 N–H and O–H groups in total. The third-order valence-corrected chi connectivity index (χ3v) is 4.96. The van der Waals surface area contributed by atoms with Crippen molar-refractivity contribution in [3.8, 4) is 22.5 Å². The summed E-state index contributed by atoms with van der Waals surface area (Å²) < 4.78 is 0. The van der Waals surface area contributed by atoms with E-state index in [1.165, 1.54) is 12.1 Å². The zero-order chi connectivity index (χ0) is 20.4. The highest BCUT2D eigenvalue weighted by atomic mass is 32.2. The van der Waals surface area contributed by atoms with E-state index >= 15 is 0 Å². The van der Waals surface area contributed by atoms with Crippen molar-refractivity contribution in [3.63, 3.8) is 0 Å². The summed E-state index contributed by atoms with van der Waals surface area (Å²) in [6, 6.07) is 14.1. The van der Waals surface area contributed by atoms with Gasteiger partial charge in [-0.1, -0.05) is 23.9 Å². The lowest BCUT2D eigenvalue weighted by atomic mass is 10.00. The molecule has 0 fully saturated rings. The Balaban J connectivity index is 1.76. The largest absolute Gasteiger partial charge is 0.481 e. The predicted molar refractivity (Wildman–Crippen MR) is 108 cm³/mol. The van der Waals surface area contributed by atoms with Crippen LogP contribution in [0.3, 0.4) is 0 Å². The molecule has 0 unspecified atom stereocenters. The monoisotopic (exact) mass is 407 g/mol. The fourth-order valence-corrected chi connectivity index (χ4v) is 3.36. The van der Waals surface area contributed by atoms with E-state index in [0.29, 0.717) is 17.0 Å². The normalized spacial score (nSPS) is 10.9. The molecular weight excluding hydrogens is 394 g/mol. The highest BCUT2D eigenvalue weighted by Crippen LogP contribution is 2.32. The van der Waals surface area contributed by atoms with E-state index in [1.807, 2.05) is 30.3 Å². The molecule has 0 spiro atoms. The second kappa shape index (κ2) is 7.68. The summed E-state index contributed by atoms with van der Waals surface area (Å²) in [5, 5.41) is 28.1. The Morgan fingerprint density at radius 1 is 1.14 bits per heavy atom. The van der Waals surface area contributed by atoms with Crippen LogP contribution < -0.4 is 0 Å². The van der Waals surface area contributed by atoms with Crippen LogP contribution in [0.5, 0.6) is 0 Å². The van der Waals surface area contributed by atoms with Gasteiger partial charge in [0.1, 0.15) is 0 Å². The Morgan fingerprint density at radius 2 is 1.97 bits per heavy atom. The van der Waals surface area contributed by atoms with Crippen LogP contribution in [0.1, 0.15) is 0 Å². The Kier molecular flexibility index (Phi) is 4.92. The van der Waals surface area contributed by atoms with Gasteiger partial charge >= 0.3 is 5.97 Å². The quantitative estimate of drug-likeness (QED) is 0.280. The number of non-ortho nitro benzene ring substituents is 1. The summed E-state index contributed by atoms with van der Waals surface area (Å²) in [4.78, 5) is 30.2. The third kappa shape index (κ3) is 4.06. The number of aliphatic carboxylic acids is 1. The first-order valence-corrected chi connectivity index (χ1v) is 9.40. The van der Waals surface area contributed by atoms with Crippen LogP contribution in [0.2, 0.25) is 0 Å². The van der Waals surface area contributed by atoms with Crippen molar-refractivity contribution in [3.05, 3.63) is 64.8 Å². The molecule has 0 saturated heterocycles. The summed E-state index contributed by atoms with van der Waals surface area (Å²) in [6.45, 7) is 0. The average Bonchev–Trinajstić information content (AvgIpc) is 3.20. The number of thioether (sulfide) groups is 1. The molecule has 2 aromatic heterocycles. The molecular formula is C19H13N5O4S. The number of nitrogens with one attached hydrogen (secondary N) is 1. The molecule has 0 bridgehead atoms. The minimum absolute atomic E-state index is 0.0834. The lowest BCUT2D eigenvalue weighted by molar-refractivity contribution is -0.384. The molecule has 0 saturated carbocycles. The molecule has 2 aromatic carbocycles. The Bertz CT molecular complexity index is 1240. The fourth-order valence-electron chi connectivity index (χ4n) is 2.84. The van der Waals surface area contributed by atoms with Gasteiger partial charge in [-0.2, -0.15) is 0 Å². The van der Waals surface area contributed by atoms with E-state index in [1.54, 1.807) is 12.3 Å². The summed E-state index contributed by atoms with van der Waals surface area (Å²) in [7, 11) is 0. The number of nitro groups is 1. The highest BCUT2D eigenvalue weighted by Gasteiger charge is 2.15. The lowest BCUT2D eigenvalue weighted by Crippen LogP contribution is -1.97. The zero-order valence-corrected chi connectivity index (χ0v) is 15.6. The van der Waals surface area contributed by atoms with Crippen LogP contribution in [0.25, 0.3) is 33.4 Å². The van der Waals surface area contributed by atoms with Crippen LogP contribution in [-0.4, -0.2) is 41.9 Å². The van der Waals surface area contributed by atoms with Crippen LogP contribution in [0.4, 0.5) is 5.69 Å². The number of hydrogen-bond donors (Lipinski definition) is 2. The number of carbonyl (C=O) groups is 1. The highest BCUT2D eigenvalue weighted by molar-refractivity contribution is 7.99. The van der Waals surface area contributed by atoms with Gasteiger partial charge in [-0.25, -0.2) is 4.98 Å². The van der Waals surface area contributed by atoms with Crippen LogP contribution >= 0.6 is 11.8 Å². The minimum atomic E-state index is -0.982. The van der Waals surface area contributed by atoms with E-state index in [4.69, 9.17) is 5.11 Å². The number of H-pyrrole nitrogens is 1. The molecule has 29 heavy (non-hydrogen) atoms. The Labute approximate surface area is 168 Å². The maximum Gasteiger partial charge on any atom is 0.313 e. The molecule has 2 heterocycles. The minimum Gasteiger partial charge on any atom is -0.481 e. The average molecular weight is 407 g/mol. The molecule has 0 aliphatic heterocycles. The van der Waals surface area contributed by atoms with Crippen molar-refractivity contribution < 1.29 is 14.8 Å². The van der Waals surface area contributed by atoms with Gasteiger partial charge in [0.25, 0.3) is 5.69 Å². The number of benzene rings is 2. The van der Waals surface area contributed by atoms with Crippen molar-refractivity contribution in [2.45, 2.75) is 5.16 Å². The van der Waals surface area contributed by atoms with Crippen LogP contribution in [0, 0.1) is 10.1 Å². The summed E-state index contributed by atoms with van der Waals surface area (Å²) in [5.41, 5.74) is 2.68. The lowest BCUT2D eigenvalue weighted by Gasteiger charge is -2.06. The first-order chi connectivity index (χ1) is 14.0. The summed E-state index contributed by atoms with van der Waals surface area (Å²) in [5.74, 6) is -0.835. The van der Waals surface area contributed by atoms with E-state index in [-0.39, 0.29) is 16.6 Å². The van der Waals surface area contributed by atoms with Crippen molar-refractivity contribution >= 4 is 34.3 Å². The van der Waals surface area contributed by atoms with Gasteiger partial charge < -0.3 is 5.11 Å². The van der Waals surface area contributed by atoms with E-state index in [2.05, 4.69) is 20.2 Å². The predicted octanol–water partition coefficient (Wildman–Crippen LogP) is 3.77. The fraction of sp³-hybridized carbons (Fsp3) is 0.0526. The number of rotatable bonds is 6. The van der Waals surface area contributed by atoms with Gasteiger partial charge in [0, 0.05) is 29.3 Å². The molecule has 0 aliphatic carbocycles. The van der Waals surface area contributed by atoms with E-state index in [0.717, 1.165) is 28.2 Å². The first kappa shape index (κ1) is 18.6. The second-order valence-corrected chi connectivity index (χ2v) is 7.03. The van der Waals surface area contributed by atoms with Gasteiger partial charge in [-0.05, 0) is 35.4 Å². The molecule has 4 rings (SSSR count).